The molecule has 1 nitrogen and oxygen atoms in total. The quantitative estimate of drug-likeness (QED) is 0.393. The third kappa shape index (κ3) is 20.9. The Hall–Kier alpha value is 0.774. The molecule has 2 aromatic carbocycles. The number of hydrogen-bond acceptors (Lipinski definition) is 1. The minimum absolute atomic E-state index is 0. The second-order valence-electron chi connectivity index (χ2n) is 7.14. The summed E-state index contributed by atoms with van der Waals surface area (Å²) in [5, 5.41) is 0. The van der Waals surface area contributed by atoms with E-state index in [9.17, 15) is 0 Å². The van der Waals surface area contributed by atoms with Gasteiger partial charge in [-0.05, 0) is 0 Å². The van der Waals surface area contributed by atoms with Crippen LogP contribution in [0.25, 0.3) is 0 Å². The van der Waals surface area contributed by atoms with Crippen molar-refractivity contribution in [3.8, 4) is 0 Å². The van der Waals surface area contributed by atoms with Gasteiger partial charge in [0.15, 0.2) is 0 Å². The van der Waals surface area contributed by atoms with E-state index in [1.807, 2.05) is 60.7 Å². The van der Waals surface area contributed by atoms with Gasteiger partial charge in [-0.3, -0.25) is 0 Å². The summed E-state index contributed by atoms with van der Waals surface area (Å²) in [6.07, 6.45) is 0. The van der Waals surface area contributed by atoms with Crippen LogP contribution in [0.15, 0.2) is 60.7 Å². The van der Waals surface area contributed by atoms with Gasteiger partial charge < -0.3 is 24.8 Å². The van der Waals surface area contributed by atoms with Crippen molar-refractivity contribution in [1.29, 1.82) is 0 Å². The van der Waals surface area contributed by atoms with E-state index in [0.717, 1.165) is 6.61 Å². The molecule has 2 rings (SSSR count). The fourth-order valence-electron chi connectivity index (χ4n) is 1.44. The van der Waals surface area contributed by atoms with E-state index >= 15 is 0 Å². The molecule has 25 heavy (non-hydrogen) atoms. The largest absolute Gasteiger partial charge is 1.00 e. The van der Waals surface area contributed by atoms with E-state index in [1.165, 1.54) is 6.04 Å². The van der Waals surface area contributed by atoms with Crippen LogP contribution in [0, 0.1) is 0 Å². The van der Waals surface area contributed by atoms with Gasteiger partial charge in [0.1, 0.15) is 0 Å². The van der Waals surface area contributed by atoms with E-state index in [2.05, 4.69) is 39.3 Å². The van der Waals surface area contributed by atoms with Crippen LogP contribution in [0.2, 0.25) is 45.3 Å². The Bertz CT molecular complexity index is 434. The zero-order valence-corrected chi connectivity index (χ0v) is 23.3. The minimum atomic E-state index is -1.25. The maximum absolute atomic E-state index is 5.92. The van der Waals surface area contributed by atoms with Crippen molar-refractivity contribution >= 4 is 20.9 Å². The Morgan fingerprint density at radius 3 is 1.40 bits per heavy atom. The van der Waals surface area contributed by atoms with Gasteiger partial charge in [0.05, 0.1) is 0 Å². The first-order chi connectivity index (χ1) is 10.7. The van der Waals surface area contributed by atoms with Crippen LogP contribution in [0.4, 0.5) is 0 Å². The maximum Gasteiger partial charge on any atom is -0.172 e. The minimum Gasteiger partial charge on any atom is -1.00 e. The molecule has 0 aromatic heterocycles. The maximum atomic E-state index is 5.92. The summed E-state index contributed by atoms with van der Waals surface area (Å²) in [4.78, 5) is 0.0361. The van der Waals surface area contributed by atoms with Gasteiger partial charge in [0, 0.05) is 0 Å². The predicted octanol–water partition coefficient (Wildman–Crippen LogP) is -0.388. The monoisotopic (exact) mass is 508 g/mol. The van der Waals surface area contributed by atoms with Crippen LogP contribution in [0.1, 0.15) is 0 Å². The molecule has 0 saturated heterocycles. The predicted molar refractivity (Wildman–Crippen MR) is 107 cm³/mol. The topological polar surface area (TPSA) is 9.23 Å². The van der Waals surface area contributed by atoms with Crippen LogP contribution >= 0.6 is 0 Å². The van der Waals surface area contributed by atoms with Crippen molar-refractivity contribution in [3.05, 3.63) is 60.7 Å². The van der Waals surface area contributed by atoms with Crippen LogP contribution in [-0.4, -0.2) is 27.5 Å². The molecule has 0 fully saturated rings. The summed E-state index contributed by atoms with van der Waals surface area (Å²) >= 11 is 1.80. The van der Waals surface area contributed by atoms with E-state index in [4.69, 9.17) is 4.43 Å². The summed E-state index contributed by atoms with van der Waals surface area (Å²) in [6, 6.07) is 21.4. The molecule has 0 aliphatic heterocycles. The fraction of sp³-hybridized carbons (Fsp3) is 0.444. The van der Waals surface area contributed by atoms with Crippen molar-refractivity contribution in [2.45, 2.75) is 45.3 Å². The van der Waals surface area contributed by atoms with Crippen molar-refractivity contribution in [1.82, 2.24) is 0 Å². The zero-order chi connectivity index (χ0) is 17.8. The SMILES string of the molecule is C[Si](=[Zr+2])[Si](C)(C)CCO[Si](C)(C)C.[Cl-].[Cl-].c1cc[cH-]c1.c1cc[cH-]c1. The average Bonchev–Trinajstić information content (AvgIpc) is 3.16. The first-order valence-electron chi connectivity index (χ1n) is 8.18. The molecule has 0 aliphatic carbocycles. The van der Waals surface area contributed by atoms with Crippen LogP contribution in [-0.2, 0) is 27.8 Å². The first-order valence-corrected chi connectivity index (χ1v) is 21.5. The van der Waals surface area contributed by atoms with Gasteiger partial charge >= 0.3 is 101 Å². The van der Waals surface area contributed by atoms with Crippen molar-refractivity contribution in [2.75, 3.05) is 6.61 Å². The van der Waals surface area contributed by atoms with E-state index in [0.29, 0.717) is 0 Å². The number of rotatable bonds is 5. The normalized spacial score (nSPS) is 10.1. The summed E-state index contributed by atoms with van der Waals surface area (Å²) in [5.41, 5.74) is 0. The molecule has 0 spiro atoms. The molecule has 7 heteroatoms. The summed E-state index contributed by atoms with van der Waals surface area (Å²) in [7, 11) is -2.09. The molecule has 0 atom stereocenters. The molecule has 0 radical (unpaired) electrons. The molecule has 0 N–H and O–H groups in total. The van der Waals surface area contributed by atoms with Crippen molar-refractivity contribution in [2.24, 2.45) is 0 Å². The second kappa shape index (κ2) is 16.9. The molecule has 2 aromatic rings. The van der Waals surface area contributed by atoms with E-state index in [-0.39, 0.29) is 29.8 Å². The van der Waals surface area contributed by atoms with Crippen molar-refractivity contribution < 1.29 is 52.6 Å². The molecule has 142 valence electrons. The Morgan fingerprint density at radius 2 is 1.20 bits per heavy atom. The van der Waals surface area contributed by atoms with Gasteiger partial charge in [-0.25, -0.2) is 24.3 Å². The standard InChI is InChI=1S/C8H22OSi3.2C5H5.2ClH.Zr/c1-10-12(5,6)8-7-9-11(2,3)4;2*1-2-4-5-3-1;;;/h7-8H2,1-6H3;2*1-5H;2*1H;/q;2*-1;;;+2/p-2. The molecule has 0 saturated carbocycles. The van der Waals surface area contributed by atoms with E-state index < -0.39 is 15.9 Å². The van der Waals surface area contributed by atoms with Gasteiger partial charge in [-0.2, -0.15) is 36.4 Å². The molecular formula is C18H32Cl2OSi3Zr-2. The number of hydrogen-bond donors (Lipinski definition) is 0. The molecule has 0 unspecified atom stereocenters. The summed E-state index contributed by atoms with van der Waals surface area (Å²) in [5.74, 6) is 0. The molecular weight excluding hydrogens is 479 g/mol. The zero-order valence-electron chi connectivity index (χ0n) is 16.4. The van der Waals surface area contributed by atoms with Crippen LogP contribution in [0.3, 0.4) is 0 Å². The Kier molecular flexibility index (Phi) is 20.6. The van der Waals surface area contributed by atoms with E-state index in [1.54, 1.807) is 23.3 Å². The van der Waals surface area contributed by atoms with Gasteiger partial charge in [0.2, 0.25) is 0 Å². The molecule has 0 aliphatic rings. The van der Waals surface area contributed by atoms with Crippen molar-refractivity contribution in [3.63, 3.8) is 0 Å². The second-order valence-corrected chi connectivity index (χ2v) is 32.7. The Morgan fingerprint density at radius 1 is 0.840 bits per heavy atom. The molecule has 0 heterocycles. The average molecular weight is 511 g/mol. The Balaban J connectivity index is -0.000000330. The molecule has 0 bridgehead atoms. The van der Waals surface area contributed by atoms with Gasteiger partial charge in [-0.1, -0.05) is 0 Å². The number of halogens is 2. The van der Waals surface area contributed by atoms with Crippen LogP contribution < -0.4 is 24.8 Å². The third-order valence-electron chi connectivity index (χ3n) is 3.39. The molecule has 0 amide bonds. The van der Waals surface area contributed by atoms with Gasteiger partial charge in [0.25, 0.3) is 0 Å². The van der Waals surface area contributed by atoms with Gasteiger partial charge in [-0.15, -0.1) is 0 Å². The summed E-state index contributed by atoms with van der Waals surface area (Å²) < 4.78 is 5.92. The third-order valence-corrected chi connectivity index (χ3v) is 29.8. The Labute approximate surface area is 184 Å². The first kappa shape index (κ1) is 30.5. The fourth-order valence-corrected chi connectivity index (χ4v) is 7.54. The smallest absolute Gasteiger partial charge is 0.172 e. The van der Waals surface area contributed by atoms with Crippen LogP contribution in [0.5, 0.6) is 0 Å². The summed E-state index contributed by atoms with van der Waals surface area (Å²) in [6.45, 7) is 15.4.